The molecule has 8 heteroatoms. The molecule has 5 atom stereocenters. The number of hydrogen-bond acceptors (Lipinski definition) is 6. The Morgan fingerprint density at radius 1 is 1.21 bits per heavy atom. The van der Waals surface area contributed by atoms with Gasteiger partial charge in [0.05, 0.1) is 6.04 Å². The van der Waals surface area contributed by atoms with Crippen LogP contribution in [0.25, 0.3) is 0 Å². The first kappa shape index (κ1) is 22.1. The molecule has 7 nitrogen and oxygen atoms in total. The molecule has 0 spiro atoms. The Balaban J connectivity index is 2.06. The summed E-state index contributed by atoms with van der Waals surface area (Å²) in [7, 11) is 0. The molecule has 4 aliphatic rings. The van der Waals surface area contributed by atoms with Gasteiger partial charge in [0.1, 0.15) is 28.8 Å². The molecule has 2 bridgehead atoms. The first-order valence-corrected chi connectivity index (χ1v) is 10.8. The number of rotatable bonds is 2. The van der Waals surface area contributed by atoms with Gasteiger partial charge in [-0.15, -0.1) is 0 Å². The van der Waals surface area contributed by atoms with Crippen LogP contribution in [0.2, 0.25) is 0 Å². The van der Waals surface area contributed by atoms with E-state index in [2.05, 4.69) is 15.9 Å². The molecule has 0 radical (unpaired) electrons. The summed E-state index contributed by atoms with van der Waals surface area (Å²) in [6, 6.07) is -1.36. The van der Waals surface area contributed by atoms with E-state index in [4.69, 9.17) is 14.2 Å². The van der Waals surface area contributed by atoms with Gasteiger partial charge in [-0.3, -0.25) is 9.69 Å². The highest BCUT2D eigenvalue weighted by atomic mass is 79.9. The van der Waals surface area contributed by atoms with Crippen molar-refractivity contribution in [2.45, 2.75) is 90.7 Å². The summed E-state index contributed by atoms with van der Waals surface area (Å²) in [6.07, 6.45) is 1.51. The first-order chi connectivity index (χ1) is 13.2. The lowest BCUT2D eigenvalue weighted by atomic mass is 9.65. The quantitative estimate of drug-likeness (QED) is 0.448. The SMILES string of the molecule is CC[C@]12C=C(Br)C(OC1=O)C1C[C@@H](C(=O)OC(C)(C)C)N(C(=O)OC(C)(C)C)[C@H]12. The number of halogens is 1. The molecule has 162 valence electrons. The van der Waals surface area contributed by atoms with E-state index in [1.807, 2.05) is 13.0 Å². The fraction of sp³-hybridized carbons (Fsp3) is 0.762. The monoisotopic (exact) mass is 471 g/mol. The number of hydrogen-bond donors (Lipinski definition) is 0. The molecule has 1 aliphatic carbocycles. The van der Waals surface area contributed by atoms with Gasteiger partial charge < -0.3 is 14.2 Å². The van der Waals surface area contributed by atoms with Crippen LogP contribution in [-0.4, -0.2) is 52.3 Å². The van der Waals surface area contributed by atoms with Gasteiger partial charge in [-0.05, 0) is 54.4 Å². The van der Waals surface area contributed by atoms with Crippen LogP contribution in [0.1, 0.15) is 61.3 Å². The topological polar surface area (TPSA) is 82.1 Å². The molecule has 0 N–H and O–H groups in total. The Kier molecular flexibility index (Phi) is 5.34. The highest BCUT2D eigenvalue weighted by Crippen LogP contribution is 2.56. The van der Waals surface area contributed by atoms with E-state index in [0.717, 1.165) is 4.48 Å². The zero-order valence-corrected chi connectivity index (χ0v) is 19.7. The van der Waals surface area contributed by atoms with Crippen molar-refractivity contribution >= 4 is 34.0 Å². The van der Waals surface area contributed by atoms with E-state index in [1.54, 1.807) is 41.5 Å². The highest BCUT2D eigenvalue weighted by molar-refractivity contribution is 9.11. The van der Waals surface area contributed by atoms with Gasteiger partial charge in [-0.1, -0.05) is 28.9 Å². The summed E-state index contributed by atoms with van der Waals surface area (Å²) in [5.41, 5.74) is -2.46. The molecule has 3 heterocycles. The molecule has 29 heavy (non-hydrogen) atoms. The van der Waals surface area contributed by atoms with Gasteiger partial charge in [0.25, 0.3) is 0 Å². The predicted molar refractivity (Wildman–Crippen MR) is 109 cm³/mol. The molecular weight excluding hydrogens is 442 g/mol. The Morgan fingerprint density at radius 2 is 1.79 bits per heavy atom. The summed E-state index contributed by atoms with van der Waals surface area (Å²) < 4.78 is 17.7. The van der Waals surface area contributed by atoms with E-state index in [0.29, 0.717) is 12.8 Å². The largest absolute Gasteiger partial charge is 0.458 e. The molecule has 3 aliphatic heterocycles. The van der Waals surface area contributed by atoms with E-state index in [-0.39, 0.29) is 11.9 Å². The van der Waals surface area contributed by atoms with Gasteiger partial charge >= 0.3 is 18.0 Å². The summed E-state index contributed by atoms with van der Waals surface area (Å²) in [5, 5.41) is 0. The number of nitrogens with zero attached hydrogens (tertiary/aromatic N) is 1. The van der Waals surface area contributed by atoms with E-state index in [9.17, 15) is 14.4 Å². The van der Waals surface area contributed by atoms with Crippen LogP contribution >= 0.6 is 15.9 Å². The number of fused-ring (bicyclic) bond motifs is 1. The Labute approximate surface area is 180 Å². The van der Waals surface area contributed by atoms with Crippen molar-refractivity contribution in [1.82, 2.24) is 4.90 Å². The van der Waals surface area contributed by atoms with Crippen molar-refractivity contribution in [2.75, 3.05) is 0 Å². The first-order valence-electron chi connectivity index (χ1n) is 10.0. The van der Waals surface area contributed by atoms with Crippen LogP contribution in [-0.2, 0) is 23.8 Å². The summed E-state index contributed by atoms with van der Waals surface area (Å²) in [6.45, 7) is 12.6. The Hall–Kier alpha value is -1.57. The second-order valence-electron chi connectivity index (χ2n) is 10.0. The number of carbonyl (C=O) groups is 3. The average Bonchev–Trinajstić information content (AvgIpc) is 2.95. The molecule has 2 saturated heterocycles. The lowest BCUT2D eigenvalue weighted by Gasteiger charge is -2.51. The van der Waals surface area contributed by atoms with Crippen LogP contribution in [0.4, 0.5) is 4.79 Å². The number of amides is 1. The predicted octanol–water partition coefficient (Wildman–Crippen LogP) is 3.94. The number of carbonyl (C=O) groups excluding carboxylic acids is 3. The zero-order chi connectivity index (χ0) is 21.9. The van der Waals surface area contributed by atoms with E-state index >= 15 is 0 Å². The Bertz CT molecular complexity index is 764. The van der Waals surface area contributed by atoms with Crippen molar-refractivity contribution in [3.05, 3.63) is 10.6 Å². The van der Waals surface area contributed by atoms with E-state index < -0.39 is 46.9 Å². The molecular formula is C21H30BrNO6. The van der Waals surface area contributed by atoms with Crippen molar-refractivity contribution in [3.63, 3.8) is 0 Å². The fourth-order valence-electron chi connectivity index (χ4n) is 4.58. The molecule has 0 aromatic rings. The number of likely N-dealkylation sites (tertiary alicyclic amines) is 1. The fourth-order valence-corrected chi connectivity index (χ4v) is 5.42. The van der Waals surface area contributed by atoms with Crippen LogP contribution < -0.4 is 0 Å². The highest BCUT2D eigenvalue weighted by Gasteiger charge is 2.67. The third-order valence-corrected chi connectivity index (χ3v) is 6.28. The number of ether oxygens (including phenoxy) is 3. The van der Waals surface area contributed by atoms with Crippen LogP contribution in [0.3, 0.4) is 0 Å². The molecule has 4 rings (SSSR count). The lowest BCUT2D eigenvalue weighted by molar-refractivity contribution is -0.179. The van der Waals surface area contributed by atoms with Crippen molar-refractivity contribution in [3.8, 4) is 0 Å². The standard InChI is InChI=1S/C21H30BrNO6/c1-8-21-10-12(22)14(27-17(21)25)11-9-13(16(24)28-19(2,3)4)23(15(11)21)18(26)29-20(5,6)7/h10-11,13-15H,8-9H2,1-7H3/t11?,13-,14?,15+,21+/m0/s1. The minimum atomic E-state index is -1.02. The lowest BCUT2D eigenvalue weighted by Crippen LogP contribution is -2.63. The summed E-state index contributed by atoms with van der Waals surface area (Å²) >= 11 is 3.53. The van der Waals surface area contributed by atoms with Gasteiger partial charge in [0, 0.05) is 10.4 Å². The average molecular weight is 472 g/mol. The van der Waals surface area contributed by atoms with Crippen LogP contribution in [0.5, 0.6) is 0 Å². The summed E-state index contributed by atoms with van der Waals surface area (Å²) in [5.74, 6) is -1.07. The van der Waals surface area contributed by atoms with Gasteiger partial charge in [-0.25, -0.2) is 9.59 Å². The second kappa shape index (κ2) is 7.00. The van der Waals surface area contributed by atoms with Crippen LogP contribution in [0, 0.1) is 11.3 Å². The van der Waals surface area contributed by atoms with Crippen LogP contribution in [0.15, 0.2) is 10.6 Å². The van der Waals surface area contributed by atoms with Gasteiger partial charge in [0.2, 0.25) is 0 Å². The molecule has 1 amide bonds. The Morgan fingerprint density at radius 3 is 2.31 bits per heavy atom. The van der Waals surface area contributed by atoms with Crippen molar-refractivity contribution in [1.29, 1.82) is 0 Å². The molecule has 2 unspecified atom stereocenters. The smallest absolute Gasteiger partial charge is 0.411 e. The number of esters is 2. The third kappa shape index (κ3) is 3.80. The van der Waals surface area contributed by atoms with Crippen molar-refractivity contribution in [2.24, 2.45) is 11.3 Å². The van der Waals surface area contributed by atoms with Crippen molar-refractivity contribution < 1.29 is 28.6 Å². The third-order valence-electron chi connectivity index (χ3n) is 5.60. The van der Waals surface area contributed by atoms with E-state index in [1.165, 1.54) is 4.90 Å². The molecule has 2 fully saturated rings. The second-order valence-corrected chi connectivity index (χ2v) is 10.9. The minimum absolute atomic E-state index is 0.211. The molecule has 0 saturated carbocycles. The molecule has 0 aromatic heterocycles. The maximum Gasteiger partial charge on any atom is 0.411 e. The normalized spacial score (nSPS) is 33.7. The van der Waals surface area contributed by atoms with Gasteiger partial charge in [0.15, 0.2) is 0 Å². The maximum atomic E-state index is 13.2. The zero-order valence-electron chi connectivity index (χ0n) is 18.1. The minimum Gasteiger partial charge on any atom is -0.458 e. The van der Waals surface area contributed by atoms with Gasteiger partial charge in [-0.2, -0.15) is 0 Å². The summed E-state index contributed by atoms with van der Waals surface area (Å²) in [4.78, 5) is 40.6. The molecule has 0 aromatic carbocycles. The maximum absolute atomic E-state index is 13.2.